The molecule has 0 unspecified atom stereocenters. The van der Waals surface area contributed by atoms with E-state index in [0.29, 0.717) is 20.6 Å². The number of carbonyl (C=O) groups is 1. The van der Waals surface area contributed by atoms with Crippen molar-refractivity contribution in [3.63, 3.8) is 0 Å². The number of nitrogens with zero attached hydrogens (tertiary/aromatic N) is 3. The van der Waals surface area contributed by atoms with Crippen molar-refractivity contribution in [2.75, 3.05) is 24.6 Å². The fourth-order valence-electron chi connectivity index (χ4n) is 4.30. The van der Waals surface area contributed by atoms with Crippen LogP contribution in [0.1, 0.15) is 44.9 Å². The van der Waals surface area contributed by atoms with Crippen LogP contribution in [0, 0.1) is 0 Å². The van der Waals surface area contributed by atoms with E-state index in [9.17, 15) is 9.59 Å². The molecule has 1 aromatic heterocycles. The minimum atomic E-state index is -0.604. The summed E-state index contributed by atoms with van der Waals surface area (Å²) in [4.78, 5) is 34.0. The molecule has 0 bridgehead atoms. The Hall–Kier alpha value is -3.71. The van der Waals surface area contributed by atoms with E-state index >= 15 is 0 Å². The lowest BCUT2D eigenvalue weighted by Gasteiger charge is -2.21. The molecule has 0 N–H and O–H groups in total. The standard InChI is InChI=1S/C29H31N3O3S/c1-5-31(6-2)23-16-13-22(14-17-23)19-25-27(33)32-24(18-15-21-11-9-8-10-12-21)26(28(34)35-7-3)20(4)30-29(32)36-25/h8-19,24H,5-7H2,1-4H3/b18-15+,25-19+/t24-/m0/s1. The number of anilines is 1. The monoisotopic (exact) mass is 501 g/mol. The van der Waals surface area contributed by atoms with Crippen LogP contribution in [-0.4, -0.2) is 30.2 Å². The Morgan fingerprint density at radius 1 is 1.06 bits per heavy atom. The highest BCUT2D eigenvalue weighted by Crippen LogP contribution is 2.26. The Labute approximate surface area is 215 Å². The van der Waals surface area contributed by atoms with Crippen LogP contribution in [0.3, 0.4) is 0 Å². The SMILES string of the molecule is CCOC(=O)C1=C(C)N=c2s/c(=C/c3ccc(N(CC)CC)cc3)c(=O)n2[C@H]1/C=C/c1ccccc1. The van der Waals surface area contributed by atoms with Gasteiger partial charge in [-0.2, -0.15) is 0 Å². The Balaban J connectivity index is 1.79. The van der Waals surface area contributed by atoms with E-state index in [1.165, 1.54) is 11.3 Å². The highest BCUT2D eigenvalue weighted by molar-refractivity contribution is 7.07. The highest BCUT2D eigenvalue weighted by Gasteiger charge is 2.30. The number of hydrogen-bond donors (Lipinski definition) is 0. The van der Waals surface area contributed by atoms with Gasteiger partial charge in [-0.3, -0.25) is 9.36 Å². The normalized spacial score (nSPS) is 15.7. The second-order valence-electron chi connectivity index (χ2n) is 8.38. The minimum Gasteiger partial charge on any atom is -0.463 e. The van der Waals surface area contributed by atoms with Gasteiger partial charge in [-0.25, -0.2) is 9.79 Å². The van der Waals surface area contributed by atoms with E-state index in [4.69, 9.17) is 4.74 Å². The van der Waals surface area contributed by atoms with E-state index in [1.54, 1.807) is 18.4 Å². The smallest absolute Gasteiger partial charge is 0.338 e. The van der Waals surface area contributed by atoms with Crippen LogP contribution in [0.4, 0.5) is 5.69 Å². The molecular weight excluding hydrogens is 470 g/mol. The molecule has 1 aliphatic rings. The number of benzene rings is 2. The third-order valence-electron chi connectivity index (χ3n) is 6.15. The number of rotatable bonds is 8. The maximum Gasteiger partial charge on any atom is 0.338 e. The van der Waals surface area contributed by atoms with Gasteiger partial charge >= 0.3 is 5.97 Å². The van der Waals surface area contributed by atoms with Crippen LogP contribution in [0.2, 0.25) is 0 Å². The summed E-state index contributed by atoms with van der Waals surface area (Å²) in [5.74, 6) is -0.456. The molecule has 6 nitrogen and oxygen atoms in total. The average molecular weight is 502 g/mol. The fourth-order valence-corrected chi connectivity index (χ4v) is 5.36. The van der Waals surface area contributed by atoms with Crippen molar-refractivity contribution in [3.05, 3.63) is 103 Å². The summed E-state index contributed by atoms with van der Waals surface area (Å²) in [5, 5.41) is 0. The molecule has 7 heteroatoms. The summed E-state index contributed by atoms with van der Waals surface area (Å²) in [6.45, 7) is 9.95. The van der Waals surface area contributed by atoms with E-state index in [2.05, 4.69) is 35.9 Å². The zero-order valence-corrected chi connectivity index (χ0v) is 21.9. The van der Waals surface area contributed by atoms with Crippen molar-refractivity contribution in [1.29, 1.82) is 0 Å². The number of hydrogen-bond acceptors (Lipinski definition) is 6. The zero-order valence-electron chi connectivity index (χ0n) is 21.1. The lowest BCUT2D eigenvalue weighted by Crippen LogP contribution is -2.38. The molecule has 0 saturated heterocycles. The molecule has 2 heterocycles. The van der Waals surface area contributed by atoms with Gasteiger partial charge < -0.3 is 9.64 Å². The molecule has 0 amide bonds. The molecule has 4 rings (SSSR count). The quantitative estimate of drug-likeness (QED) is 0.432. The Bertz CT molecular complexity index is 1460. The van der Waals surface area contributed by atoms with Gasteiger partial charge in [0.15, 0.2) is 4.80 Å². The number of ether oxygens (including phenoxy) is 1. The number of fused-ring (bicyclic) bond motifs is 1. The van der Waals surface area contributed by atoms with Gasteiger partial charge in [-0.15, -0.1) is 0 Å². The molecular formula is C29H31N3O3S. The van der Waals surface area contributed by atoms with Crippen molar-refractivity contribution in [2.24, 2.45) is 4.99 Å². The van der Waals surface area contributed by atoms with Gasteiger partial charge in [0, 0.05) is 18.8 Å². The van der Waals surface area contributed by atoms with Crippen molar-refractivity contribution >= 4 is 35.1 Å². The largest absolute Gasteiger partial charge is 0.463 e. The van der Waals surface area contributed by atoms with Crippen LogP contribution in [0.15, 0.2) is 81.7 Å². The number of aromatic nitrogens is 1. The van der Waals surface area contributed by atoms with E-state index < -0.39 is 12.0 Å². The Morgan fingerprint density at radius 3 is 2.39 bits per heavy atom. The van der Waals surface area contributed by atoms with Crippen LogP contribution in [0.25, 0.3) is 12.2 Å². The summed E-state index contributed by atoms with van der Waals surface area (Å²) in [6, 6.07) is 17.4. The second-order valence-corrected chi connectivity index (χ2v) is 9.39. The number of esters is 1. The maximum atomic E-state index is 13.6. The van der Waals surface area contributed by atoms with E-state index in [0.717, 1.165) is 29.9 Å². The van der Waals surface area contributed by atoms with Gasteiger partial charge in [0.2, 0.25) is 0 Å². The first-order valence-corrected chi connectivity index (χ1v) is 13.1. The van der Waals surface area contributed by atoms with Crippen molar-refractivity contribution in [1.82, 2.24) is 4.57 Å². The number of thiazole rings is 1. The predicted octanol–water partition coefficient (Wildman–Crippen LogP) is 4.31. The molecule has 1 atom stereocenters. The first-order chi connectivity index (χ1) is 17.5. The van der Waals surface area contributed by atoms with Gasteiger partial charge in [-0.05, 0) is 57.0 Å². The van der Waals surface area contributed by atoms with Crippen LogP contribution >= 0.6 is 11.3 Å². The van der Waals surface area contributed by atoms with E-state index in [1.807, 2.05) is 60.7 Å². The van der Waals surface area contributed by atoms with E-state index in [-0.39, 0.29) is 12.2 Å². The summed E-state index contributed by atoms with van der Waals surface area (Å²) in [7, 11) is 0. The number of carbonyl (C=O) groups excluding carboxylic acids is 1. The summed E-state index contributed by atoms with van der Waals surface area (Å²) in [5.41, 5.74) is 3.83. The molecule has 36 heavy (non-hydrogen) atoms. The number of allylic oxidation sites excluding steroid dienone is 2. The molecule has 1 aliphatic heterocycles. The van der Waals surface area contributed by atoms with Gasteiger partial charge in [0.05, 0.1) is 28.5 Å². The van der Waals surface area contributed by atoms with Crippen LogP contribution in [-0.2, 0) is 9.53 Å². The fraction of sp³-hybridized carbons (Fsp3) is 0.276. The lowest BCUT2D eigenvalue weighted by molar-refractivity contribution is -0.139. The second kappa shape index (κ2) is 11.4. The molecule has 0 aliphatic carbocycles. The summed E-state index contributed by atoms with van der Waals surface area (Å²) >= 11 is 1.33. The molecule has 0 fully saturated rings. The average Bonchev–Trinajstić information content (AvgIpc) is 3.19. The molecule has 2 aromatic carbocycles. The molecule has 0 saturated carbocycles. The summed E-state index contributed by atoms with van der Waals surface area (Å²) in [6.07, 6.45) is 5.68. The third kappa shape index (κ3) is 5.26. The van der Waals surface area contributed by atoms with Crippen LogP contribution < -0.4 is 19.8 Å². The molecule has 186 valence electrons. The lowest BCUT2D eigenvalue weighted by atomic mass is 10.0. The van der Waals surface area contributed by atoms with Crippen molar-refractivity contribution < 1.29 is 9.53 Å². The Kier molecular flexibility index (Phi) is 8.00. The first kappa shape index (κ1) is 25.4. The zero-order chi connectivity index (χ0) is 25.7. The minimum absolute atomic E-state index is 0.177. The first-order valence-electron chi connectivity index (χ1n) is 12.2. The Morgan fingerprint density at radius 2 is 1.75 bits per heavy atom. The maximum absolute atomic E-state index is 13.6. The predicted molar refractivity (Wildman–Crippen MR) is 147 cm³/mol. The van der Waals surface area contributed by atoms with Gasteiger partial charge in [-0.1, -0.05) is 66.0 Å². The highest BCUT2D eigenvalue weighted by atomic mass is 32.1. The van der Waals surface area contributed by atoms with Crippen molar-refractivity contribution in [3.8, 4) is 0 Å². The molecule has 3 aromatic rings. The topological polar surface area (TPSA) is 63.9 Å². The molecule has 0 spiro atoms. The molecule has 0 radical (unpaired) electrons. The van der Waals surface area contributed by atoms with Gasteiger partial charge in [0.25, 0.3) is 5.56 Å². The third-order valence-corrected chi connectivity index (χ3v) is 7.13. The van der Waals surface area contributed by atoms with Crippen molar-refractivity contribution in [2.45, 2.75) is 33.7 Å². The van der Waals surface area contributed by atoms with Gasteiger partial charge in [0.1, 0.15) is 0 Å². The summed E-state index contributed by atoms with van der Waals surface area (Å²) < 4.78 is 7.49. The van der Waals surface area contributed by atoms with Crippen LogP contribution in [0.5, 0.6) is 0 Å².